The maximum Gasteiger partial charge on any atom is 0.341 e. The van der Waals surface area contributed by atoms with Crippen LogP contribution in [0.25, 0.3) is 0 Å². The van der Waals surface area contributed by atoms with Crippen LogP contribution >= 0.6 is 0 Å². The first kappa shape index (κ1) is 18.4. The second kappa shape index (κ2) is 8.25. The third kappa shape index (κ3) is 4.77. The van der Waals surface area contributed by atoms with Crippen molar-refractivity contribution in [3.05, 3.63) is 59.4 Å². The molecular formula is C18H18FNO5. The Morgan fingerprint density at radius 3 is 2.56 bits per heavy atom. The van der Waals surface area contributed by atoms with Crippen LogP contribution in [0.5, 0.6) is 5.75 Å². The van der Waals surface area contributed by atoms with Gasteiger partial charge in [0.05, 0.1) is 0 Å². The first-order valence-corrected chi connectivity index (χ1v) is 7.45. The van der Waals surface area contributed by atoms with Gasteiger partial charge in [-0.1, -0.05) is 18.2 Å². The molecule has 2 aromatic carbocycles. The van der Waals surface area contributed by atoms with E-state index in [1.54, 1.807) is 25.1 Å². The monoisotopic (exact) mass is 347 g/mol. The number of carbonyl (C=O) groups is 2. The Hall–Kier alpha value is -2.93. The number of rotatable bonds is 7. The quantitative estimate of drug-likeness (QED) is 0.804. The van der Waals surface area contributed by atoms with E-state index in [0.29, 0.717) is 17.0 Å². The molecule has 0 aromatic heterocycles. The number of methoxy groups -OCH3 is 1. The largest absolute Gasteiger partial charge is 0.482 e. The number of aliphatic carboxylic acids is 1. The predicted octanol–water partition coefficient (Wildman–Crippen LogP) is 2.92. The van der Waals surface area contributed by atoms with Gasteiger partial charge in [-0.15, -0.1) is 0 Å². The number of hydrogen-bond acceptors (Lipinski definition) is 4. The number of aryl methyl sites for hydroxylation is 1. The van der Waals surface area contributed by atoms with Gasteiger partial charge in [0.15, 0.2) is 12.7 Å². The van der Waals surface area contributed by atoms with Crippen LogP contribution in [-0.4, -0.2) is 30.7 Å². The van der Waals surface area contributed by atoms with Crippen LogP contribution < -0.4 is 10.1 Å². The van der Waals surface area contributed by atoms with Gasteiger partial charge in [-0.05, 0) is 36.8 Å². The van der Waals surface area contributed by atoms with Gasteiger partial charge in [0.25, 0.3) is 5.91 Å². The van der Waals surface area contributed by atoms with E-state index in [9.17, 15) is 14.0 Å². The lowest BCUT2D eigenvalue weighted by Gasteiger charge is -2.17. The molecule has 2 rings (SSSR count). The van der Waals surface area contributed by atoms with E-state index in [2.05, 4.69) is 5.32 Å². The van der Waals surface area contributed by atoms with Crippen LogP contribution in [0, 0.1) is 12.7 Å². The number of carbonyl (C=O) groups excluding carboxylic acids is 1. The van der Waals surface area contributed by atoms with Crippen LogP contribution in [0.4, 0.5) is 10.1 Å². The minimum absolute atomic E-state index is 0.140. The van der Waals surface area contributed by atoms with E-state index in [1.165, 1.54) is 31.4 Å². The van der Waals surface area contributed by atoms with E-state index < -0.39 is 30.4 Å². The van der Waals surface area contributed by atoms with Crippen LogP contribution in [0.2, 0.25) is 0 Å². The average Bonchev–Trinajstić information content (AvgIpc) is 2.57. The zero-order chi connectivity index (χ0) is 18.4. The molecular weight excluding hydrogens is 329 g/mol. The van der Waals surface area contributed by atoms with Gasteiger partial charge in [-0.2, -0.15) is 0 Å². The minimum atomic E-state index is -1.09. The zero-order valence-corrected chi connectivity index (χ0v) is 13.8. The van der Waals surface area contributed by atoms with Crippen molar-refractivity contribution in [3.8, 4) is 5.75 Å². The molecule has 0 aliphatic heterocycles. The van der Waals surface area contributed by atoms with Gasteiger partial charge in [0.1, 0.15) is 11.6 Å². The van der Waals surface area contributed by atoms with Crippen molar-refractivity contribution < 1.29 is 28.6 Å². The average molecular weight is 347 g/mol. The van der Waals surface area contributed by atoms with Crippen molar-refractivity contribution >= 4 is 17.6 Å². The summed E-state index contributed by atoms with van der Waals surface area (Å²) >= 11 is 0. The Balaban J connectivity index is 2.13. The molecule has 2 aromatic rings. The lowest BCUT2D eigenvalue weighted by molar-refractivity contribution is -0.139. The fourth-order valence-corrected chi connectivity index (χ4v) is 2.27. The molecule has 0 saturated heterocycles. The number of anilines is 1. The molecule has 1 atom stereocenters. The highest BCUT2D eigenvalue weighted by Crippen LogP contribution is 2.25. The number of carboxylic acids is 1. The molecule has 0 spiro atoms. The Morgan fingerprint density at radius 1 is 1.24 bits per heavy atom. The van der Waals surface area contributed by atoms with Crippen LogP contribution in [0.15, 0.2) is 42.5 Å². The first-order chi connectivity index (χ1) is 11.9. The molecule has 0 bridgehead atoms. The predicted molar refractivity (Wildman–Crippen MR) is 89.1 cm³/mol. The van der Waals surface area contributed by atoms with Crippen molar-refractivity contribution in [1.82, 2.24) is 0 Å². The second-order valence-electron chi connectivity index (χ2n) is 5.29. The molecule has 0 heterocycles. The summed E-state index contributed by atoms with van der Waals surface area (Å²) < 4.78 is 24.1. The van der Waals surface area contributed by atoms with Gasteiger partial charge < -0.3 is 19.9 Å². The summed E-state index contributed by atoms with van der Waals surface area (Å²) in [7, 11) is 1.33. The first-order valence-electron chi connectivity index (χ1n) is 7.45. The molecule has 25 heavy (non-hydrogen) atoms. The fourth-order valence-electron chi connectivity index (χ4n) is 2.27. The molecule has 0 aliphatic rings. The summed E-state index contributed by atoms with van der Waals surface area (Å²) in [5, 5.41) is 11.3. The van der Waals surface area contributed by atoms with E-state index in [0.717, 1.165) is 0 Å². The highest BCUT2D eigenvalue weighted by molar-refractivity contribution is 5.95. The van der Waals surface area contributed by atoms with Crippen molar-refractivity contribution in [1.29, 1.82) is 0 Å². The van der Waals surface area contributed by atoms with E-state index in [4.69, 9.17) is 14.6 Å². The standard InChI is InChI=1S/C18H18FNO5/c1-11-9-12(25-10-16(21)22)7-8-15(11)20-18(23)17(24-2)13-5-3-4-6-14(13)19/h3-9,17H,10H2,1-2H3,(H,20,23)(H,21,22). The highest BCUT2D eigenvalue weighted by atomic mass is 19.1. The normalized spacial score (nSPS) is 11.6. The maximum absolute atomic E-state index is 13.9. The van der Waals surface area contributed by atoms with E-state index >= 15 is 0 Å². The highest BCUT2D eigenvalue weighted by Gasteiger charge is 2.23. The lowest BCUT2D eigenvalue weighted by Crippen LogP contribution is -2.23. The number of ether oxygens (including phenoxy) is 2. The van der Waals surface area contributed by atoms with Gasteiger partial charge in [0.2, 0.25) is 0 Å². The van der Waals surface area contributed by atoms with E-state index in [-0.39, 0.29) is 5.56 Å². The van der Waals surface area contributed by atoms with Gasteiger partial charge in [0, 0.05) is 18.4 Å². The number of benzene rings is 2. The molecule has 0 aliphatic carbocycles. The summed E-state index contributed by atoms with van der Waals surface area (Å²) in [6.45, 7) is 1.28. The fraction of sp³-hybridized carbons (Fsp3) is 0.222. The third-order valence-corrected chi connectivity index (χ3v) is 3.48. The Kier molecular flexibility index (Phi) is 6.08. The molecule has 0 radical (unpaired) electrons. The van der Waals surface area contributed by atoms with Gasteiger partial charge in [-0.3, -0.25) is 4.79 Å². The van der Waals surface area contributed by atoms with Crippen molar-refractivity contribution in [2.45, 2.75) is 13.0 Å². The second-order valence-corrected chi connectivity index (χ2v) is 5.29. The Morgan fingerprint density at radius 2 is 1.96 bits per heavy atom. The number of nitrogens with one attached hydrogen (secondary N) is 1. The Bertz CT molecular complexity index is 778. The lowest BCUT2D eigenvalue weighted by atomic mass is 10.1. The molecule has 0 fully saturated rings. The SMILES string of the molecule is COC(C(=O)Nc1ccc(OCC(=O)O)cc1C)c1ccccc1F. The minimum Gasteiger partial charge on any atom is -0.482 e. The van der Waals surface area contributed by atoms with Crippen molar-refractivity contribution in [3.63, 3.8) is 0 Å². The molecule has 132 valence electrons. The Labute approximate surface area is 144 Å². The van der Waals surface area contributed by atoms with Crippen molar-refractivity contribution in [2.75, 3.05) is 19.0 Å². The van der Waals surface area contributed by atoms with E-state index in [1.807, 2.05) is 0 Å². The zero-order valence-electron chi connectivity index (χ0n) is 13.8. The number of amides is 1. The number of carboxylic acid groups (broad SMARTS) is 1. The summed E-state index contributed by atoms with van der Waals surface area (Å²) in [4.78, 5) is 23.0. The maximum atomic E-state index is 13.9. The smallest absolute Gasteiger partial charge is 0.341 e. The van der Waals surface area contributed by atoms with Crippen LogP contribution in [0.1, 0.15) is 17.2 Å². The van der Waals surface area contributed by atoms with Gasteiger partial charge in [-0.25, -0.2) is 9.18 Å². The molecule has 7 heteroatoms. The number of halogens is 1. The number of hydrogen-bond donors (Lipinski definition) is 2. The van der Waals surface area contributed by atoms with Crippen molar-refractivity contribution in [2.24, 2.45) is 0 Å². The summed E-state index contributed by atoms with van der Waals surface area (Å²) in [6.07, 6.45) is -1.09. The van der Waals surface area contributed by atoms with Crippen LogP contribution in [-0.2, 0) is 14.3 Å². The summed E-state index contributed by atoms with van der Waals surface area (Å²) in [5.74, 6) is -1.76. The molecule has 0 saturated carbocycles. The summed E-state index contributed by atoms with van der Waals surface area (Å²) in [5.41, 5.74) is 1.30. The topological polar surface area (TPSA) is 84.9 Å². The molecule has 6 nitrogen and oxygen atoms in total. The van der Waals surface area contributed by atoms with Crippen LogP contribution in [0.3, 0.4) is 0 Å². The molecule has 1 unspecified atom stereocenters. The molecule has 2 N–H and O–H groups in total. The van der Waals surface area contributed by atoms with Gasteiger partial charge >= 0.3 is 5.97 Å². The third-order valence-electron chi connectivity index (χ3n) is 3.48. The molecule has 1 amide bonds. The summed E-state index contributed by atoms with van der Waals surface area (Å²) in [6, 6.07) is 10.6.